The van der Waals surface area contributed by atoms with Crippen molar-refractivity contribution in [2.24, 2.45) is 5.41 Å². The molecule has 100 valence electrons. The number of rotatable bonds is 5. The van der Waals surface area contributed by atoms with Crippen LogP contribution >= 0.6 is 0 Å². The second kappa shape index (κ2) is 6.36. The molecule has 4 heteroatoms. The average molecular weight is 242 g/mol. The van der Waals surface area contributed by atoms with E-state index < -0.39 is 11.4 Å². The summed E-state index contributed by atoms with van der Waals surface area (Å²) in [5.74, 6) is -0.687. The molecule has 1 rings (SSSR count). The van der Waals surface area contributed by atoms with Crippen molar-refractivity contribution in [3.8, 4) is 0 Å². The van der Waals surface area contributed by atoms with E-state index in [1.165, 1.54) is 13.0 Å². The van der Waals surface area contributed by atoms with Crippen LogP contribution in [0.25, 0.3) is 0 Å². The van der Waals surface area contributed by atoms with Crippen molar-refractivity contribution >= 4 is 5.97 Å². The van der Waals surface area contributed by atoms with Crippen LogP contribution in [0.1, 0.15) is 33.1 Å². The quantitative estimate of drug-likeness (QED) is 0.794. The van der Waals surface area contributed by atoms with Gasteiger partial charge in [0.2, 0.25) is 0 Å². The number of carbonyl (C=O) groups is 1. The summed E-state index contributed by atoms with van der Waals surface area (Å²) in [5.41, 5.74) is -0.581. The Morgan fingerprint density at radius 2 is 1.94 bits per heavy atom. The highest BCUT2D eigenvalue weighted by Gasteiger charge is 2.26. The molecule has 0 aromatic carbocycles. The first-order valence-corrected chi connectivity index (χ1v) is 6.56. The van der Waals surface area contributed by atoms with Gasteiger partial charge >= 0.3 is 5.97 Å². The van der Waals surface area contributed by atoms with E-state index >= 15 is 0 Å². The van der Waals surface area contributed by atoms with Crippen LogP contribution < -0.4 is 0 Å². The number of carboxylic acids is 1. The zero-order valence-corrected chi connectivity index (χ0v) is 11.4. The van der Waals surface area contributed by atoms with Gasteiger partial charge in [0.15, 0.2) is 0 Å². The maximum Gasteiger partial charge on any atom is 0.309 e. The minimum atomic E-state index is -0.687. The number of carboxylic acid groups (broad SMARTS) is 1. The summed E-state index contributed by atoms with van der Waals surface area (Å²) in [6.07, 6.45) is 2.95. The Hall–Kier alpha value is -0.610. The van der Waals surface area contributed by atoms with Gasteiger partial charge in [0.1, 0.15) is 0 Å². The van der Waals surface area contributed by atoms with Crippen LogP contribution in [-0.2, 0) is 4.79 Å². The van der Waals surface area contributed by atoms with Gasteiger partial charge < -0.3 is 14.9 Å². The molecule has 1 saturated heterocycles. The van der Waals surface area contributed by atoms with Crippen molar-refractivity contribution in [3.63, 3.8) is 0 Å². The number of hydrogen-bond donors (Lipinski definition) is 1. The second-order valence-electron chi connectivity index (χ2n) is 5.79. The Bertz CT molecular complexity index is 254. The lowest BCUT2D eigenvalue weighted by molar-refractivity contribution is -0.147. The summed E-state index contributed by atoms with van der Waals surface area (Å²) >= 11 is 0. The number of aliphatic carboxylic acids is 1. The van der Waals surface area contributed by atoms with Crippen molar-refractivity contribution in [1.82, 2.24) is 9.80 Å². The van der Waals surface area contributed by atoms with Crippen LogP contribution in [0.15, 0.2) is 0 Å². The third-order valence-corrected chi connectivity index (χ3v) is 3.67. The normalized spacial score (nSPS) is 20.2. The molecule has 1 fully saturated rings. The minimum absolute atomic E-state index is 0.581. The summed E-state index contributed by atoms with van der Waals surface area (Å²) in [5, 5.41) is 9.04. The van der Waals surface area contributed by atoms with Gasteiger partial charge in [-0.05, 0) is 59.8 Å². The molecule has 0 amide bonds. The van der Waals surface area contributed by atoms with Crippen LogP contribution in [0.3, 0.4) is 0 Å². The highest BCUT2D eigenvalue weighted by molar-refractivity contribution is 5.73. The molecule has 1 heterocycles. The van der Waals surface area contributed by atoms with Gasteiger partial charge in [-0.3, -0.25) is 4.79 Å². The molecule has 0 unspecified atom stereocenters. The highest BCUT2D eigenvalue weighted by Crippen LogP contribution is 2.22. The Morgan fingerprint density at radius 1 is 1.24 bits per heavy atom. The zero-order chi connectivity index (χ0) is 12.9. The molecule has 4 nitrogen and oxygen atoms in total. The fourth-order valence-corrected chi connectivity index (χ4v) is 2.18. The Kier molecular flexibility index (Phi) is 5.40. The molecule has 0 spiro atoms. The Balaban J connectivity index is 2.24. The standard InChI is InChI=1S/C13H26N2O2/c1-13(2,12(16)17)6-4-8-15-9-5-7-14(3)10-11-15/h4-11H2,1-3H3,(H,16,17). The first-order valence-electron chi connectivity index (χ1n) is 6.56. The molecule has 17 heavy (non-hydrogen) atoms. The molecule has 1 aliphatic heterocycles. The molecular formula is C13H26N2O2. The molecule has 0 aliphatic carbocycles. The van der Waals surface area contributed by atoms with E-state index in [1.807, 2.05) is 13.8 Å². The first kappa shape index (κ1) is 14.5. The second-order valence-corrected chi connectivity index (χ2v) is 5.79. The molecule has 0 radical (unpaired) electrons. The van der Waals surface area contributed by atoms with E-state index in [4.69, 9.17) is 5.11 Å². The van der Waals surface area contributed by atoms with Crippen molar-refractivity contribution in [2.75, 3.05) is 39.8 Å². The lowest BCUT2D eigenvalue weighted by Gasteiger charge is -2.23. The summed E-state index contributed by atoms with van der Waals surface area (Å²) in [4.78, 5) is 15.8. The molecule has 0 aromatic rings. The first-order chi connectivity index (χ1) is 7.92. The average Bonchev–Trinajstić information content (AvgIpc) is 2.43. The lowest BCUT2D eigenvalue weighted by atomic mass is 9.88. The fourth-order valence-electron chi connectivity index (χ4n) is 2.18. The van der Waals surface area contributed by atoms with Gasteiger partial charge in [-0.2, -0.15) is 0 Å². The maximum atomic E-state index is 11.0. The Labute approximate surface area is 105 Å². The van der Waals surface area contributed by atoms with Crippen molar-refractivity contribution in [1.29, 1.82) is 0 Å². The van der Waals surface area contributed by atoms with Crippen LogP contribution in [0.4, 0.5) is 0 Å². The number of likely N-dealkylation sites (N-methyl/N-ethyl adjacent to an activating group) is 1. The smallest absolute Gasteiger partial charge is 0.309 e. The van der Waals surface area contributed by atoms with Crippen LogP contribution in [0.5, 0.6) is 0 Å². The molecule has 0 saturated carbocycles. The lowest BCUT2D eigenvalue weighted by Crippen LogP contribution is -2.31. The van der Waals surface area contributed by atoms with Gasteiger partial charge in [-0.25, -0.2) is 0 Å². The predicted molar refractivity (Wildman–Crippen MR) is 69.2 cm³/mol. The minimum Gasteiger partial charge on any atom is -0.481 e. The van der Waals surface area contributed by atoms with Gasteiger partial charge in [0.05, 0.1) is 5.41 Å². The highest BCUT2D eigenvalue weighted by atomic mass is 16.4. The summed E-state index contributed by atoms with van der Waals surface area (Å²) < 4.78 is 0. The monoisotopic (exact) mass is 242 g/mol. The topological polar surface area (TPSA) is 43.8 Å². The van der Waals surface area contributed by atoms with Gasteiger partial charge in [-0.15, -0.1) is 0 Å². The van der Waals surface area contributed by atoms with E-state index in [0.717, 1.165) is 39.0 Å². The molecule has 0 atom stereocenters. The van der Waals surface area contributed by atoms with Gasteiger partial charge in [0.25, 0.3) is 0 Å². The van der Waals surface area contributed by atoms with Crippen molar-refractivity contribution in [3.05, 3.63) is 0 Å². The third kappa shape index (κ3) is 5.04. The fraction of sp³-hybridized carbons (Fsp3) is 0.923. The maximum absolute atomic E-state index is 11.0. The Morgan fingerprint density at radius 3 is 2.59 bits per heavy atom. The molecule has 0 bridgehead atoms. The van der Waals surface area contributed by atoms with E-state index in [1.54, 1.807) is 0 Å². The SMILES string of the molecule is CN1CCCN(CCCC(C)(C)C(=O)O)CC1. The van der Waals surface area contributed by atoms with Crippen molar-refractivity contribution < 1.29 is 9.90 Å². The van der Waals surface area contributed by atoms with Crippen molar-refractivity contribution in [2.45, 2.75) is 33.1 Å². The number of nitrogens with zero attached hydrogens (tertiary/aromatic N) is 2. The van der Waals surface area contributed by atoms with Gasteiger partial charge in [-0.1, -0.05) is 0 Å². The van der Waals surface area contributed by atoms with E-state index in [9.17, 15) is 4.79 Å². The molecule has 1 N–H and O–H groups in total. The van der Waals surface area contributed by atoms with Gasteiger partial charge in [0, 0.05) is 13.1 Å². The zero-order valence-electron chi connectivity index (χ0n) is 11.4. The largest absolute Gasteiger partial charge is 0.481 e. The van der Waals surface area contributed by atoms with Crippen LogP contribution in [-0.4, -0.2) is 60.6 Å². The predicted octanol–water partition coefficient (Wildman–Crippen LogP) is 1.51. The van der Waals surface area contributed by atoms with Crippen LogP contribution in [0.2, 0.25) is 0 Å². The number of hydrogen-bond acceptors (Lipinski definition) is 3. The van der Waals surface area contributed by atoms with E-state index in [0.29, 0.717) is 0 Å². The summed E-state index contributed by atoms with van der Waals surface area (Å²) in [6.45, 7) is 9.23. The molecule has 1 aliphatic rings. The van der Waals surface area contributed by atoms with Crippen LogP contribution in [0, 0.1) is 5.41 Å². The van der Waals surface area contributed by atoms with E-state index in [-0.39, 0.29) is 0 Å². The summed E-state index contributed by atoms with van der Waals surface area (Å²) in [7, 11) is 2.16. The molecule has 0 aromatic heterocycles. The summed E-state index contributed by atoms with van der Waals surface area (Å²) in [6, 6.07) is 0. The van der Waals surface area contributed by atoms with E-state index in [2.05, 4.69) is 16.8 Å². The third-order valence-electron chi connectivity index (χ3n) is 3.67. The molecular weight excluding hydrogens is 216 g/mol.